The summed E-state index contributed by atoms with van der Waals surface area (Å²) >= 11 is 0. The van der Waals surface area contributed by atoms with Gasteiger partial charge in [0.05, 0.1) is 24.8 Å². The quantitative estimate of drug-likeness (QED) is 0.302. The highest BCUT2D eigenvalue weighted by atomic mass is 19.2. The highest BCUT2D eigenvalue weighted by molar-refractivity contribution is 5.91. The van der Waals surface area contributed by atoms with E-state index < -0.39 is 17.5 Å². The molecule has 3 rings (SSSR count). The minimum atomic E-state index is -1.60. The number of nitrogens with one attached hydrogen (secondary N) is 1. The molecule has 0 fully saturated rings. The lowest BCUT2D eigenvalue weighted by molar-refractivity contribution is 0.413. The van der Waals surface area contributed by atoms with Gasteiger partial charge in [-0.05, 0) is 26.0 Å². The van der Waals surface area contributed by atoms with E-state index in [0.717, 1.165) is 11.4 Å². The van der Waals surface area contributed by atoms with Gasteiger partial charge in [0.2, 0.25) is 5.90 Å². The number of allylic oxidation sites excluding steroid dienone is 1. The number of nitrogens with two attached hydrogens (primary N) is 1. The molecule has 33 heavy (non-hydrogen) atoms. The maximum absolute atomic E-state index is 13.5. The van der Waals surface area contributed by atoms with Crippen molar-refractivity contribution in [2.75, 3.05) is 12.4 Å². The first-order valence-corrected chi connectivity index (χ1v) is 9.66. The van der Waals surface area contributed by atoms with Crippen molar-refractivity contribution in [3.63, 3.8) is 0 Å². The van der Waals surface area contributed by atoms with Crippen molar-refractivity contribution < 1.29 is 22.6 Å². The lowest BCUT2D eigenvalue weighted by Crippen LogP contribution is -2.11. The van der Waals surface area contributed by atoms with E-state index >= 15 is 0 Å². The number of halogens is 3. The Morgan fingerprint density at radius 3 is 2.48 bits per heavy atom. The molecule has 3 aromatic rings. The van der Waals surface area contributed by atoms with Crippen LogP contribution in [-0.4, -0.2) is 22.6 Å². The standard InChI is InChI=1S/C23H22F3N5O2/c1-13(27)7-22(33-17-9-18(24)23(26)19(25)10-17)30-15(3)29-16-5-6-20(21(8-16)32-4)31-11-14(2)28-12-31/h5-12,29H,3,27H2,1-2,4H3/b13-7-,30-22+. The van der Waals surface area contributed by atoms with Crippen LogP contribution in [0.5, 0.6) is 11.5 Å². The number of hydrogen-bond acceptors (Lipinski definition) is 6. The molecule has 0 aliphatic rings. The van der Waals surface area contributed by atoms with E-state index in [1.54, 1.807) is 32.5 Å². The van der Waals surface area contributed by atoms with Crippen molar-refractivity contribution in [3.8, 4) is 17.2 Å². The second-order valence-corrected chi connectivity index (χ2v) is 7.02. The molecule has 0 spiro atoms. The van der Waals surface area contributed by atoms with Crippen molar-refractivity contribution in [2.24, 2.45) is 10.7 Å². The first-order valence-electron chi connectivity index (χ1n) is 9.66. The number of rotatable bonds is 7. The summed E-state index contributed by atoms with van der Waals surface area (Å²) in [5.74, 6) is -4.09. The van der Waals surface area contributed by atoms with Crippen LogP contribution in [0.25, 0.3) is 5.69 Å². The van der Waals surface area contributed by atoms with Crippen molar-refractivity contribution >= 4 is 11.6 Å². The topological polar surface area (TPSA) is 86.7 Å². The van der Waals surface area contributed by atoms with Gasteiger partial charge in [-0.1, -0.05) is 6.58 Å². The van der Waals surface area contributed by atoms with Crippen molar-refractivity contribution in [2.45, 2.75) is 13.8 Å². The zero-order chi connectivity index (χ0) is 24.1. The van der Waals surface area contributed by atoms with Crippen LogP contribution in [0.4, 0.5) is 18.9 Å². The van der Waals surface area contributed by atoms with E-state index in [2.05, 4.69) is 21.9 Å². The Bertz CT molecular complexity index is 1220. The Kier molecular flexibility index (Phi) is 7.07. The van der Waals surface area contributed by atoms with Crippen LogP contribution >= 0.6 is 0 Å². The van der Waals surface area contributed by atoms with Crippen LogP contribution in [0.3, 0.4) is 0 Å². The molecule has 1 aromatic heterocycles. The van der Waals surface area contributed by atoms with E-state index in [-0.39, 0.29) is 17.5 Å². The van der Waals surface area contributed by atoms with Gasteiger partial charge in [0.15, 0.2) is 17.5 Å². The highest BCUT2D eigenvalue weighted by Crippen LogP contribution is 2.27. The maximum Gasteiger partial charge on any atom is 0.222 e. The monoisotopic (exact) mass is 457 g/mol. The third-order valence-electron chi connectivity index (χ3n) is 4.23. The minimum Gasteiger partial charge on any atom is -0.494 e. The van der Waals surface area contributed by atoms with Gasteiger partial charge in [0, 0.05) is 41.9 Å². The molecule has 0 amide bonds. The first-order chi connectivity index (χ1) is 15.7. The van der Waals surface area contributed by atoms with Gasteiger partial charge in [-0.25, -0.2) is 18.2 Å². The Morgan fingerprint density at radius 1 is 1.21 bits per heavy atom. The molecule has 0 aliphatic carbocycles. The average molecular weight is 457 g/mol. The molecule has 0 aliphatic heterocycles. The van der Waals surface area contributed by atoms with Crippen LogP contribution in [0, 0.1) is 24.4 Å². The summed E-state index contributed by atoms with van der Waals surface area (Å²) in [7, 11) is 1.54. The van der Waals surface area contributed by atoms with Crippen LogP contribution in [0.15, 0.2) is 72.0 Å². The number of hydrogen-bond donors (Lipinski definition) is 2. The van der Waals surface area contributed by atoms with E-state index in [9.17, 15) is 13.2 Å². The summed E-state index contributed by atoms with van der Waals surface area (Å²) < 4.78 is 52.9. The Balaban J connectivity index is 1.83. The van der Waals surface area contributed by atoms with E-state index in [1.807, 2.05) is 23.8 Å². The third kappa shape index (κ3) is 5.94. The Labute approximate surface area is 188 Å². The summed E-state index contributed by atoms with van der Waals surface area (Å²) in [5, 5.41) is 2.98. The molecule has 0 bridgehead atoms. The molecule has 0 atom stereocenters. The number of ether oxygens (including phenoxy) is 2. The predicted molar refractivity (Wildman–Crippen MR) is 120 cm³/mol. The van der Waals surface area contributed by atoms with Gasteiger partial charge in [-0.15, -0.1) is 0 Å². The molecule has 7 nitrogen and oxygen atoms in total. The normalized spacial score (nSPS) is 11.9. The number of aliphatic imine (C=N–C) groups is 1. The summed E-state index contributed by atoms with van der Waals surface area (Å²) in [5.41, 5.74) is 8.25. The first kappa shape index (κ1) is 23.5. The number of benzene rings is 2. The number of imidazole rings is 1. The number of nitrogens with zero attached hydrogens (tertiary/aromatic N) is 3. The van der Waals surface area contributed by atoms with Crippen LogP contribution in [0.1, 0.15) is 12.6 Å². The Hall–Kier alpha value is -4.21. The molecule has 3 N–H and O–H groups in total. The highest BCUT2D eigenvalue weighted by Gasteiger charge is 2.13. The fourth-order valence-corrected chi connectivity index (χ4v) is 2.84. The second kappa shape index (κ2) is 9.94. The summed E-state index contributed by atoms with van der Waals surface area (Å²) in [4.78, 5) is 8.37. The summed E-state index contributed by atoms with van der Waals surface area (Å²) in [6.07, 6.45) is 4.87. The molecule has 0 radical (unpaired) electrons. The van der Waals surface area contributed by atoms with Gasteiger partial charge in [0.1, 0.15) is 17.3 Å². The van der Waals surface area contributed by atoms with Crippen molar-refractivity contribution in [1.82, 2.24) is 9.55 Å². The SMILES string of the molecule is C=C(/N=C(\C=C(\C)N)Oc1cc(F)c(F)c(F)c1)Nc1ccc(-n2cnc(C)c2)c(OC)c1. The zero-order valence-electron chi connectivity index (χ0n) is 18.2. The van der Waals surface area contributed by atoms with Crippen molar-refractivity contribution in [3.05, 3.63) is 90.2 Å². The summed E-state index contributed by atoms with van der Waals surface area (Å²) in [6.45, 7) is 7.27. The largest absolute Gasteiger partial charge is 0.494 e. The lowest BCUT2D eigenvalue weighted by atomic mass is 10.2. The lowest BCUT2D eigenvalue weighted by Gasteiger charge is -2.13. The zero-order valence-corrected chi connectivity index (χ0v) is 18.2. The van der Waals surface area contributed by atoms with Gasteiger partial charge < -0.3 is 25.1 Å². The van der Waals surface area contributed by atoms with Crippen LogP contribution in [-0.2, 0) is 0 Å². The fraction of sp³-hybridized carbons (Fsp3) is 0.130. The van der Waals surface area contributed by atoms with E-state index in [0.29, 0.717) is 29.3 Å². The maximum atomic E-state index is 13.5. The van der Waals surface area contributed by atoms with Crippen molar-refractivity contribution in [1.29, 1.82) is 0 Å². The number of aromatic nitrogens is 2. The smallest absolute Gasteiger partial charge is 0.222 e. The molecule has 0 unspecified atom stereocenters. The van der Waals surface area contributed by atoms with E-state index in [4.69, 9.17) is 15.2 Å². The predicted octanol–water partition coefficient (Wildman–Crippen LogP) is 4.83. The van der Waals surface area contributed by atoms with Crippen LogP contribution < -0.4 is 20.5 Å². The minimum absolute atomic E-state index is 0.115. The molecule has 10 heteroatoms. The fourth-order valence-electron chi connectivity index (χ4n) is 2.84. The van der Waals surface area contributed by atoms with Gasteiger partial charge >= 0.3 is 0 Å². The molecule has 172 valence electrons. The molecule has 1 heterocycles. The third-order valence-corrected chi connectivity index (χ3v) is 4.23. The number of methoxy groups -OCH3 is 1. The van der Waals surface area contributed by atoms with Gasteiger partial charge in [0.25, 0.3) is 0 Å². The van der Waals surface area contributed by atoms with Crippen LogP contribution in [0.2, 0.25) is 0 Å². The van der Waals surface area contributed by atoms with Gasteiger partial charge in [-0.3, -0.25) is 0 Å². The molecule has 0 saturated heterocycles. The average Bonchev–Trinajstić information content (AvgIpc) is 3.17. The number of anilines is 1. The van der Waals surface area contributed by atoms with E-state index in [1.165, 1.54) is 6.08 Å². The molecule has 2 aromatic carbocycles. The summed E-state index contributed by atoms with van der Waals surface area (Å²) in [6, 6.07) is 6.74. The molecular weight excluding hydrogens is 435 g/mol. The molecule has 0 saturated carbocycles. The van der Waals surface area contributed by atoms with Gasteiger partial charge in [-0.2, -0.15) is 4.99 Å². The molecular formula is C23H22F3N5O2. The number of aryl methyl sites for hydroxylation is 1. The second-order valence-electron chi connectivity index (χ2n) is 7.02. The Morgan fingerprint density at radius 2 is 1.91 bits per heavy atom.